The summed E-state index contributed by atoms with van der Waals surface area (Å²) in [5.41, 5.74) is 1.51. The van der Waals surface area contributed by atoms with Gasteiger partial charge in [0.2, 0.25) is 0 Å². The summed E-state index contributed by atoms with van der Waals surface area (Å²) in [5.74, 6) is -0.278. The fraction of sp³-hybridized carbons (Fsp3) is 0.333. The van der Waals surface area contributed by atoms with E-state index in [2.05, 4.69) is 29.5 Å². The van der Waals surface area contributed by atoms with Gasteiger partial charge in [0.15, 0.2) is 0 Å². The van der Waals surface area contributed by atoms with Gasteiger partial charge in [0, 0.05) is 12.6 Å². The van der Waals surface area contributed by atoms with Crippen molar-refractivity contribution in [2.45, 2.75) is 26.4 Å². The summed E-state index contributed by atoms with van der Waals surface area (Å²) in [7, 11) is 0. The highest BCUT2D eigenvalue weighted by atomic mass is 19.1. The molecule has 1 N–H and O–H groups in total. The Labute approximate surface area is 99.5 Å². The van der Waals surface area contributed by atoms with Crippen LogP contribution in [0.5, 0.6) is 0 Å². The number of rotatable bonds is 4. The minimum absolute atomic E-state index is 0.278. The maximum Gasteiger partial charge on any atom is 0.125 e. The predicted octanol–water partition coefficient (Wildman–Crippen LogP) is 1.90. The number of nitrogens with one attached hydrogen (secondary N) is 1. The van der Waals surface area contributed by atoms with Gasteiger partial charge in [0.05, 0.1) is 17.6 Å². The molecule has 1 aromatic heterocycles. The number of nitrogens with zero attached hydrogens (tertiary/aromatic N) is 3. The first-order chi connectivity index (χ1) is 8.15. The van der Waals surface area contributed by atoms with Gasteiger partial charge < -0.3 is 5.32 Å². The molecular formula is C12H15FN4. The summed E-state index contributed by atoms with van der Waals surface area (Å²) in [5, 5.41) is 11.2. The molecule has 90 valence electrons. The third kappa shape index (κ3) is 3.10. The van der Waals surface area contributed by atoms with Crippen LogP contribution >= 0.6 is 0 Å². The largest absolute Gasteiger partial charge is 0.309 e. The first kappa shape index (κ1) is 11.7. The molecule has 1 aromatic carbocycles. The number of aromatic nitrogens is 3. The Bertz CT molecular complexity index is 493. The van der Waals surface area contributed by atoms with Crippen molar-refractivity contribution in [3.63, 3.8) is 0 Å². The minimum Gasteiger partial charge on any atom is -0.309 e. The summed E-state index contributed by atoms with van der Waals surface area (Å²) in [6, 6.07) is 6.67. The van der Waals surface area contributed by atoms with E-state index in [0.717, 1.165) is 5.69 Å². The number of halogens is 1. The molecule has 2 rings (SSSR count). The fourth-order valence-corrected chi connectivity index (χ4v) is 1.43. The lowest BCUT2D eigenvalue weighted by molar-refractivity contribution is 0.580. The van der Waals surface area contributed by atoms with Gasteiger partial charge in [0.25, 0.3) is 0 Å². The second-order valence-electron chi connectivity index (χ2n) is 4.17. The van der Waals surface area contributed by atoms with Crippen molar-refractivity contribution in [1.29, 1.82) is 0 Å². The minimum atomic E-state index is -0.278. The van der Waals surface area contributed by atoms with Crippen LogP contribution in [-0.2, 0) is 6.54 Å². The van der Waals surface area contributed by atoms with Gasteiger partial charge in [-0.1, -0.05) is 25.1 Å². The summed E-state index contributed by atoms with van der Waals surface area (Å²) in [6.45, 7) is 4.79. The fourth-order valence-electron chi connectivity index (χ4n) is 1.43. The molecule has 0 aliphatic heterocycles. The normalized spacial score (nSPS) is 11.1. The molecule has 4 nitrogen and oxygen atoms in total. The highest BCUT2D eigenvalue weighted by Crippen LogP contribution is 2.08. The van der Waals surface area contributed by atoms with Gasteiger partial charge in [-0.2, -0.15) is 0 Å². The molecule has 2 aromatic rings. The first-order valence-electron chi connectivity index (χ1n) is 5.55. The molecular weight excluding hydrogens is 219 g/mol. The van der Waals surface area contributed by atoms with Gasteiger partial charge in [-0.3, -0.25) is 0 Å². The molecule has 5 heteroatoms. The Hall–Kier alpha value is -1.75. The van der Waals surface area contributed by atoms with Crippen LogP contribution in [0.3, 0.4) is 0 Å². The van der Waals surface area contributed by atoms with Gasteiger partial charge in [-0.05, 0) is 18.2 Å². The molecule has 0 spiro atoms. The van der Waals surface area contributed by atoms with Crippen molar-refractivity contribution < 1.29 is 4.39 Å². The Morgan fingerprint density at radius 1 is 1.41 bits per heavy atom. The Morgan fingerprint density at radius 2 is 2.24 bits per heavy atom. The maximum atomic E-state index is 13.0. The molecule has 0 atom stereocenters. The van der Waals surface area contributed by atoms with Gasteiger partial charge in [-0.25, -0.2) is 9.07 Å². The van der Waals surface area contributed by atoms with Crippen LogP contribution in [0.15, 0.2) is 30.5 Å². The topological polar surface area (TPSA) is 42.7 Å². The average Bonchev–Trinajstić information content (AvgIpc) is 2.75. The van der Waals surface area contributed by atoms with E-state index in [9.17, 15) is 4.39 Å². The van der Waals surface area contributed by atoms with Crippen molar-refractivity contribution in [3.05, 3.63) is 42.0 Å². The Balaban J connectivity index is 2.12. The average molecular weight is 234 g/mol. The number of benzene rings is 1. The molecule has 17 heavy (non-hydrogen) atoms. The summed E-state index contributed by atoms with van der Waals surface area (Å²) in [6.07, 6.45) is 1.80. The Kier molecular flexibility index (Phi) is 3.49. The van der Waals surface area contributed by atoms with Crippen LogP contribution in [0.25, 0.3) is 5.69 Å². The molecule has 0 aliphatic rings. The zero-order chi connectivity index (χ0) is 12.3. The van der Waals surface area contributed by atoms with Gasteiger partial charge in [0.1, 0.15) is 5.82 Å². The predicted molar refractivity (Wildman–Crippen MR) is 63.3 cm³/mol. The van der Waals surface area contributed by atoms with E-state index in [-0.39, 0.29) is 5.82 Å². The highest BCUT2D eigenvalue weighted by molar-refractivity contribution is 5.30. The van der Waals surface area contributed by atoms with E-state index < -0.39 is 0 Å². The molecule has 0 fully saturated rings. The van der Waals surface area contributed by atoms with E-state index >= 15 is 0 Å². The summed E-state index contributed by atoms with van der Waals surface area (Å²) in [4.78, 5) is 0. The molecule has 1 heterocycles. The summed E-state index contributed by atoms with van der Waals surface area (Å²) >= 11 is 0. The standard InChI is InChI=1S/C12H15FN4/c1-9(2)14-7-11-8-17(16-15-11)12-5-3-4-10(13)6-12/h3-6,8-9,14H,7H2,1-2H3. The molecule has 0 aliphatic carbocycles. The lowest BCUT2D eigenvalue weighted by Crippen LogP contribution is -2.21. The second-order valence-corrected chi connectivity index (χ2v) is 4.17. The summed E-state index contributed by atoms with van der Waals surface area (Å²) < 4.78 is 14.6. The lowest BCUT2D eigenvalue weighted by Gasteiger charge is -2.04. The third-order valence-electron chi connectivity index (χ3n) is 2.31. The van der Waals surface area contributed by atoms with Crippen LogP contribution in [0.1, 0.15) is 19.5 Å². The smallest absolute Gasteiger partial charge is 0.125 e. The zero-order valence-electron chi connectivity index (χ0n) is 9.89. The first-order valence-corrected chi connectivity index (χ1v) is 5.55. The molecule has 0 bridgehead atoms. The quantitative estimate of drug-likeness (QED) is 0.878. The lowest BCUT2D eigenvalue weighted by atomic mass is 10.3. The van der Waals surface area contributed by atoms with Crippen LogP contribution in [0.2, 0.25) is 0 Å². The maximum absolute atomic E-state index is 13.0. The molecule has 0 radical (unpaired) electrons. The van der Waals surface area contributed by atoms with Crippen molar-refractivity contribution in [2.24, 2.45) is 0 Å². The zero-order valence-corrected chi connectivity index (χ0v) is 9.89. The molecule has 0 saturated carbocycles. The molecule has 0 amide bonds. The molecule has 0 saturated heterocycles. The SMILES string of the molecule is CC(C)NCc1cn(-c2cccc(F)c2)nn1. The van der Waals surface area contributed by atoms with Crippen molar-refractivity contribution in [1.82, 2.24) is 20.3 Å². The van der Waals surface area contributed by atoms with Crippen molar-refractivity contribution in [2.75, 3.05) is 0 Å². The van der Waals surface area contributed by atoms with Crippen LogP contribution in [0.4, 0.5) is 4.39 Å². The van der Waals surface area contributed by atoms with Gasteiger partial charge >= 0.3 is 0 Å². The van der Waals surface area contributed by atoms with Crippen molar-refractivity contribution in [3.8, 4) is 5.69 Å². The van der Waals surface area contributed by atoms with E-state index in [1.807, 2.05) is 0 Å². The third-order valence-corrected chi connectivity index (χ3v) is 2.31. The van der Waals surface area contributed by atoms with E-state index in [1.165, 1.54) is 12.1 Å². The Morgan fingerprint density at radius 3 is 2.94 bits per heavy atom. The van der Waals surface area contributed by atoms with Crippen LogP contribution in [0, 0.1) is 5.82 Å². The number of hydrogen-bond donors (Lipinski definition) is 1. The second kappa shape index (κ2) is 5.05. The van der Waals surface area contributed by atoms with E-state index in [4.69, 9.17) is 0 Å². The monoisotopic (exact) mass is 234 g/mol. The van der Waals surface area contributed by atoms with Gasteiger partial charge in [-0.15, -0.1) is 5.10 Å². The number of hydrogen-bond acceptors (Lipinski definition) is 3. The van der Waals surface area contributed by atoms with Crippen molar-refractivity contribution >= 4 is 0 Å². The highest BCUT2D eigenvalue weighted by Gasteiger charge is 2.04. The van der Waals surface area contributed by atoms with E-state index in [1.54, 1.807) is 23.0 Å². The molecule has 0 unspecified atom stereocenters. The van der Waals surface area contributed by atoms with E-state index in [0.29, 0.717) is 18.3 Å². The van der Waals surface area contributed by atoms with Crippen LogP contribution < -0.4 is 5.32 Å². The van der Waals surface area contributed by atoms with Crippen LogP contribution in [-0.4, -0.2) is 21.0 Å².